The molecule has 1 N–H and O–H groups in total. The zero-order valence-electron chi connectivity index (χ0n) is 19.0. The molecule has 1 fully saturated rings. The molecule has 8 nitrogen and oxygen atoms in total. The van der Waals surface area contributed by atoms with Crippen LogP contribution in [0, 0.1) is 31.6 Å². The van der Waals surface area contributed by atoms with Gasteiger partial charge in [-0.25, -0.2) is 4.98 Å². The van der Waals surface area contributed by atoms with Crippen molar-refractivity contribution in [2.45, 2.75) is 33.2 Å². The molecule has 10 heteroatoms. The van der Waals surface area contributed by atoms with E-state index in [1.165, 1.54) is 22.0 Å². The number of rotatable bonds is 5. The van der Waals surface area contributed by atoms with E-state index in [4.69, 9.17) is 16.0 Å². The molecule has 3 aromatic heterocycles. The summed E-state index contributed by atoms with van der Waals surface area (Å²) in [6.07, 6.45) is 5.53. The quantitative estimate of drug-likeness (QED) is 0.395. The lowest BCUT2D eigenvalue weighted by molar-refractivity contribution is 0.102. The van der Waals surface area contributed by atoms with Crippen LogP contribution in [0.1, 0.15) is 45.4 Å². The fraction of sp³-hybridized carbons (Fsp3) is 0.240. The molecule has 3 heterocycles. The number of pyridine rings is 1. The van der Waals surface area contributed by atoms with Crippen LogP contribution in [0.2, 0.25) is 5.02 Å². The van der Waals surface area contributed by atoms with E-state index < -0.39 is 5.91 Å². The Morgan fingerprint density at radius 1 is 1.26 bits per heavy atom. The van der Waals surface area contributed by atoms with Crippen LogP contribution in [0.25, 0.3) is 11.1 Å². The van der Waals surface area contributed by atoms with E-state index in [2.05, 4.69) is 32.3 Å². The van der Waals surface area contributed by atoms with Gasteiger partial charge in [0.05, 0.1) is 16.6 Å². The number of thiazole rings is 1. The summed E-state index contributed by atoms with van der Waals surface area (Å²) in [4.78, 5) is 31.3. The Labute approximate surface area is 210 Å². The first-order valence-corrected chi connectivity index (χ1v) is 12.1. The second-order valence-electron chi connectivity index (χ2n) is 8.27. The average molecular weight is 506 g/mol. The van der Waals surface area contributed by atoms with E-state index in [-0.39, 0.29) is 23.6 Å². The first-order chi connectivity index (χ1) is 16.9. The number of nitrogens with one attached hydrogen (secondary N) is 1. The monoisotopic (exact) mass is 505 g/mol. The average Bonchev–Trinajstić information content (AvgIpc) is 3.41. The summed E-state index contributed by atoms with van der Waals surface area (Å²) in [5.41, 5.74) is 2.00. The Kier molecular flexibility index (Phi) is 6.24. The Morgan fingerprint density at radius 2 is 2.09 bits per heavy atom. The lowest BCUT2D eigenvalue weighted by atomic mass is 9.97. The van der Waals surface area contributed by atoms with Crippen molar-refractivity contribution in [3.63, 3.8) is 0 Å². The summed E-state index contributed by atoms with van der Waals surface area (Å²) in [6.45, 7) is 3.66. The number of carbonyl (C=O) groups excluding carboxylic acids is 1. The van der Waals surface area contributed by atoms with Gasteiger partial charge in [0.25, 0.3) is 11.5 Å². The third-order valence-electron chi connectivity index (χ3n) is 5.44. The Hall–Kier alpha value is -3.74. The first kappa shape index (κ1) is 23.0. The molecule has 0 unspecified atom stereocenters. The number of aryl methyl sites for hydroxylation is 2. The second-order valence-corrected chi connectivity index (χ2v) is 9.74. The SMILES string of the molecule is Cc1nnc(Cn2cc(-c3cc(Cl)ccc3C)c(C(=O)Nc3ncc(C#CC4CC4)s3)cc2=O)o1. The zero-order chi connectivity index (χ0) is 24.5. The number of hydrogen-bond donors (Lipinski definition) is 1. The maximum Gasteiger partial charge on any atom is 0.258 e. The molecule has 176 valence electrons. The van der Waals surface area contributed by atoms with Crippen LogP contribution in [0.15, 0.2) is 45.9 Å². The van der Waals surface area contributed by atoms with E-state index in [1.54, 1.807) is 31.5 Å². The number of hydrogen-bond acceptors (Lipinski definition) is 7. The fourth-order valence-electron chi connectivity index (χ4n) is 3.49. The van der Waals surface area contributed by atoms with Crippen LogP contribution in [0.5, 0.6) is 0 Å². The van der Waals surface area contributed by atoms with Crippen LogP contribution in [0.3, 0.4) is 0 Å². The Morgan fingerprint density at radius 3 is 2.83 bits per heavy atom. The number of benzene rings is 1. The van der Waals surface area contributed by atoms with Gasteiger partial charge < -0.3 is 8.98 Å². The van der Waals surface area contributed by atoms with E-state index in [9.17, 15) is 9.59 Å². The van der Waals surface area contributed by atoms with E-state index >= 15 is 0 Å². The summed E-state index contributed by atoms with van der Waals surface area (Å²) < 4.78 is 6.85. The summed E-state index contributed by atoms with van der Waals surface area (Å²) in [5.74, 6) is 7.00. The van der Waals surface area contributed by atoms with Crippen molar-refractivity contribution >= 4 is 34.0 Å². The summed E-state index contributed by atoms with van der Waals surface area (Å²) >= 11 is 7.56. The number of nitrogens with zero attached hydrogens (tertiary/aromatic N) is 4. The summed E-state index contributed by atoms with van der Waals surface area (Å²) in [6, 6.07) is 6.71. The predicted molar refractivity (Wildman–Crippen MR) is 134 cm³/mol. The molecule has 5 rings (SSSR count). The highest BCUT2D eigenvalue weighted by molar-refractivity contribution is 7.16. The number of carbonyl (C=O) groups is 1. The van der Waals surface area contributed by atoms with Gasteiger partial charge in [-0.2, -0.15) is 0 Å². The van der Waals surface area contributed by atoms with Crippen molar-refractivity contribution in [2.75, 3.05) is 5.32 Å². The standard InChI is InChI=1S/C25H20ClN5O3S/c1-14-3-7-17(26)9-19(14)21-12-31(13-22-30-29-15(2)34-22)23(32)10-20(21)24(33)28-25-27-11-18(35-25)8-6-16-4-5-16/h3,7,9-12,16H,4-5,13H2,1-2H3,(H,27,28,33). The fourth-order valence-corrected chi connectivity index (χ4v) is 4.33. The first-order valence-electron chi connectivity index (χ1n) is 10.9. The van der Waals surface area contributed by atoms with Crippen LogP contribution >= 0.6 is 22.9 Å². The third-order valence-corrected chi connectivity index (χ3v) is 6.50. The van der Waals surface area contributed by atoms with Gasteiger partial charge in [-0.1, -0.05) is 40.8 Å². The van der Waals surface area contributed by atoms with Crippen molar-refractivity contribution in [2.24, 2.45) is 5.92 Å². The van der Waals surface area contributed by atoms with Crippen molar-refractivity contribution in [1.29, 1.82) is 0 Å². The lowest BCUT2D eigenvalue weighted by Gasteiger charge is -2.14. The molecule has 35 heavy (non-hydrogen) atoms. The second kappa shape index (κ2) is 9.49. The predicted octanol–water partition coefficient (Wildman–Crippen LogP) is 4.69. The minimum absolute atomic E-state index is 0.0731. The highest BCUT2D eigenvalue weighted by Crippen LogP contribution is 2.30. The summed E-state index contributed by atoms with van der Waals surface area (Å²) in [5, 5.41) is 11.5. The number of halogens is 1. The summed E-state index contributed by atoms with van der Waals surface area (Å²) in [7, 11) is 0. The van der Waals surface area contributed by atoms with E-state index in [0.29, 0.717) is 27.5 Å². The minimum atomic E-state index is -0.451. The van der Waals surface area contributed by atoms with Gasteiger partial charge in [0.1, 0.15) is 6.54 Å². The van der Waals surface area contributed by atoms with Gasteiger partial charge >= 0.3 is 0 Å². The lowest BCUT2D eigenvalue weighted by Crippen LogP contribution is -2.24. The van der Waals surface area contributed by atoms with Gasteiger partial charge in [0.2, 0.25) is 11.8 Å². The van der Waals surface area contributed by atoms with Crippen molar-refractivity contribution in [3.05, 3.63) is 79.8 Å². The molecule has 4 aromatic rings. The minimum Gasteiger partial charge on any atom is -0.424 e. The van der Waals surface area contributed by atoms with Gasteiger partial charge in [-0.15, -0.1) is 10.2 Å². The highest BCUT2D eigenvalue weighted by atomic mass is 35.5. The maximum absolute atomic E-state index is 13.3. The molecule has 0 atom stereocenters. The largest absolute Gasteiger partial charge is 0.424 e. The highest BCUT2D eigenvalue weighted by Gasteiger charge is 2.20. The normalized spacial score (nSPS) is 12.8. The van der Waals surface area contributed by atoms with Crippen LogP contribution in [0.4, 0.5) is 5.13 Å². The number of aromatic nitrogens is 4. The third kappa shape index (κ3) is 5.34. The van der Waals surface area contributed by atoms with Crippen molar-refractivity contribution < 1.29 is 9.21 Å². The van der Waals surface area contributed by atoms with Crippen LogP contribution in [-0.2, 0) is 6.54 Å². The van der Waals surface area contributed by atoms with Crippen molar-refractivity contribution in [3.8, 4) is 23.0 Å². The molecule has 1 aliphatic carbocycles. The van der Waals surface area contributed by atoms with Crippen LogP contribution < -0.4 is 10.9 Å². The van der Waals surface area contributed by atoms with Gasteiger partial charge in [-0.05, 0) is 43.0 Å². The molecule has 1 aromatic carbocycles. The molecule has 1 amide bonds. The van der Waals surface area contributed by atoms with Gasteiger partial charge in [0.15, 0.2) is 5.13 Å². The molecule has 0 aliphatic heterocycles. The smallest absolute Gasteiger partial charge is 0.258 e. The van der Waals surface area contributed by atoms with E-state index in [1.807, 2.05) is 13.0 Å². The molecular weight excluding hydrogens is 486 g/mol. The number of anilines is 1. The van der Waals surface area contributed by atoms with Crippen LogP contribution in [-0.4, -0.2) is 25.7 Å². The van der Waals surface area contributed by atoms with Crippen molar-refractivity contribution in [1.82, 2.24) is 19.7 Å². The Bertz CT molecular complexity index is 1560. The topological polar surface area (TPSA) is 103 Å². The maximum atomic E-state index is 13.3. The number of amides is 1. The molecule has 0 radical (unpaired) electrons. The molecule has 0 spiro atoms. The molecule has 1 aliphatic rings. The van der Waals surface area contributed by atoms with Gasteiger partial charge in [0, 0.05) is 35.7 Å². The van der Waals surface area contributed by atoms with E-state index in [0.717, 1.165) is 28.8 Å². The molecular formula is C25H20ClN5O3S. The molecule has 0 saturated heterocycles. The molecule has 0 bridgehead atoms. The Balaban J connectivity index is 1.51. The molecule has 1 saturated carbocycles. The zero-order valence-corrected chi connectivity index (χ0v) is 20.5. The van der Waals surface area contributed by atoms with Gasteiger partial charge in [-0.3, -0.25) is 14.9 Å².